The molecule has 426 valence electrons. The van der Waals surface area contributed by atoms with Crippen molar-refractivity contribution in [3.63, 3.8) is 0 Å². The number of carbonyl (C=O) groups is 3. The number of esters is 3. The molecule has 75 heavy (non-hydrogen) atoms. The van der Waals surface area contributed by atoms with E-state index in [4.69, 9.17) is 14.2 Å². The van der Waals surface area contributed by atoms with Crippen LogP contribution in [-0.2, 0) is 28.6 Å². The van der Waals surface area contributed by atoms with Crippen LogP contribution >= 0.6 is 0 Å². The van der Waals surface area contributed by atoms with Gasteiger partial charge in [0, 0.05) is 19.3 Å². The molecule has 0 N–H and O–H groups in total. The number of rotatable bonds is 55. The van der Waals surface area contributed by atoms with Gasteiger partial charge in [-0.05, 0) is 116 Å². The lowest BCUT2D eigenvalue weighted by Gasteiger charge is -2.18. The Kier molecular flexibility index (Phi) is 58.9. The standard InChI is InChI=1S/C69H114O6/c1-4-7-10-13-16-19-22-25-27-29-31-33-34-36-37-39-41-44-47-50-53-56-59-62-68(71)74-65-66(64-73-67(70)61-58-55-52-49-46-43-24-21-18-15-12-9-6-3)75-69(72)63-60-57-54-51-48-45-42-40-38-35-32-30-28-26-23-20-17-14-11-8-5-2/h8-9,11-12,17-18,20-22,25-26,28-29,31-32,35,43,46,52,55,66H,4-7,10,13-16,19,23-24,27,30,33-34,36-42,44-45,47-51,53-54,56-65H2,1-3H3/b11-8-,12-9-,20-17-,21-18-,25-22-,28-26-,31-29-,35-32-,46-43-,55-52-. The molecular formula is C69H114O6. The van der Waals surface area contributed by atoms with Crippen molar-refractivity contribution in [3.8, 4) is 0 Å². The Hall–Kier alpha value is -4.19. The summed E-state index contributed by atoms with van der Waals surface area (Å²) in [5.74, 6) is -0.999. The summed E-state index contributed by atoms with van der Waals surface area (Å²) in [5, 5.41) is 0. The van der Waals surface area contributed by atoms with E-state index < -0.39 is 6.10 Å². The average molecular weight is 1040 g/mol. The number of carbonyl (C=O) groups excluding carboxylic acids is 3. The van der Waals surface area contributed by atoms with Gasteiger partial charge in [-0.2, -0.15) is 0 Å². The fourth-order valence-electron chi connectivity index (χ4n) is 8.36. The van der Waals surface area contributed by atoms with Crippen molar-refractivity contribution < 1.29 is 28.6 Å². The van der Waals surface area contributed by atoms with E-state index in [1.165, 1.54) is 128 Å². The van der Waals surface area contributed by atoms with Crippen LogP contribution in [0.15, 0.2) is 122 Å². The van der Waals surface area contributed by atoms with Gasteiger partial charge in [-0.1, -0.05) is 264 Å². The number of hydrogen-bond donors (Lipinski definition) is 0. The third-order valence-electron chi connectivity index (χ3n) is 12.9. The maximum Gasteiger partial charge on any atom is 0.306 e. The fourth-order valence-corrected chi connectivity index (χ4v) is 8.36. The van der Waals surface area contributed by atoms with Crippen molar-refractivity contribution in [1.29, 1.82) is 0 Å². The third-order valence-corrected chi connectivity index (χ3v) is 12.9. The number of hydrogen-bond acceptors (Lipinski definition) is 6. The summed E-state index contributed by atoms with van der Waals surface area (Å²) in [6.45, 7) is 6.34. The average Bonchev–Trinajstić information content (AvgIpc) is 3.41. The molecule has 6 nitrogen and oxygen atoms in total. The molecule has 1 atom stereocenters. The predicted molar refractivity (Wildman–Crippen MR) is 325 cm³/mol. The van der Waals surface area contributed by atoms with E-state index in [9.17, 15) is 14.4 Å². The first-order valence-corrected chi connectivity index (χ1v) is 31.0. The van der Waals surface area contributed by atoms with Crippen LogP contribution in [0.3, 0.4) is 0 Å². The van der Waals surface area contributed by atoms with E-state index in [0.29, 0.717) is 19.3 Å². The predicted octanol–water partition coefficient (Wildman–Crippen LogP) is 21.2. The molecule has 0 aliphatic carbocycles. The molecule has 0 amide bonds. The Labute approximate surface area is 462 Å². The first kappa shape index (κ1) is 70.8. The monoisotopic (exact) mass is 1040 g/mol. The summed E-state index contributed by atoms with van der Waals surface area (Å²) in [6, 6.07) is 0. The molecule has 6 heteroatoms. The topological polar surface area (TPSA) is 78.9 Å². The van der Waals surface area contributed by atoms with Gasteiger partial charge in [-0.25, -0.2) is 0 Å². The summed E-state index contributed by atoms with van der Waals surface area (Å²) in [5.41, 5.74) is 0. The van der Waals surface area contributed by atoms with Crippen molar-refractivity contribution in [1.82, 2.24) is 0 Å². The first-order valence-electron chi connectivity index (χ1n) is 31.0. The quantitative estimate of drug-likeness (QED) is 0.0261. The van der Waals surface area contributed by atoms with E-state index in [0.717, 1.165) is 103 Å². The molecule has 0 fully saturated rings. The second-order valence-corrected chi connectivity index (χ2v) is 20.2. The van der Waals surface area contributed by atoms with E-state index >= 15 is 0 Å². The SMILES string of the molecule is CC/C=C\C/C=C\C/C=C\C/C=C\CCCCCCCCCCC(=O)OC(COC(=O)CC/C=C\C/C=C\C/C=C\C/C=C\CC)COC(=O)CCCCCCCCCCCCC/C=C\C/C=C\CCCCCCC. The number of allylic oxidation sites excluding steroid dienone is 20. The molecule has 0 aliphatic rings. The van der Waals surface area contributed by atoms with Gasteiger partial charge in [0.1, 0.15) is 13.2 Å². The largest absolute Gasteiger partial charge is 0.462 e. The maximum absolute atomic E-state index is 12.9. The Balaban J connectivity index is 4.40. The van der Waals surface area contributed by atoms with E-state index in [2.05, 4.69) is 136 Å². The summed E-state index contributed by atoms with van der Waals surface area (Å²) in [4.78, 5) is 38.2. The molecule has 0 aliphatic heterocycles. The second kappa shape index (κ2) is 62.4. The van der Waals surface area contributed by atoms with Gasteiger partial charge >= 0.3 is 17.9 Å². The summed E-state index contributed by atoms with van der Waals surface area (Å²) in [7, 11) is 0. The highest BCUT2D eigenvalue weighted by molar-refractivity contribution is 5.71. The molecule has 1 unspecified atom stereocenters. The van der Waals surface area contributed by atoms with Crippen molar-refractivity contribution in [2.24, 2.45) is 0 Å². The first-order chi connectivity index (χ1) is 37.0. The molecule has 0 aromatic rings. The molecule has 0 radical (unpaired) electrons. The van der Waals surface area contributed by atoms with Crippen LogP contribution in [0.2, 0.25) is 0 Å². The summed E-state index contributed by atoms with van der Waals surface area (Å²) < 4.78 is 16.8. The van der Waals surface area contributed by atoms with Gasteiger partial charge in [0.05, 0.1) is 0 Å². The zero-order valence-electron chi connectivity index (χ0n) is 48.8. The van der Waals surface area contributed by atoms with Crippen molar-refractivity contribution >= 4 is 17.9 Å². The van der Waals surface area contributed by atoms with E-state index in [-0.39, 0.29) is 37.5 Å². The van der Waals surface area contributed by atoms with Gasteiger partial charge in [-0.3, -0.25) is 14.4 Å². The maximum atomic E-state index is 12.9. The molecule has 0 spiro atoms. The van der Waals surface area contributed by atoms with Crippen LogP contribution in [0.5, 0.6) is 0 Å². The smallest absolute Gasteiger partial charge is 0.306 e. The number of unbranched alkanes of at least 4 members (excludes halogenated alkanes) is 24. The van der Waals surface area contributed by atoms with Crippen molar-refractivity contribution in [2.45, 2.75) is 284 Å². The van der Waals surface area contributed by atoms with Gasteiger partial charge in [0.2, 0.25) is 0 Å². The Morgan fingerprint density at radius 2 is 0.547 bits per heavy atom. The van der Waals surface area contributed by atoms with Gasteiger partial charge in [-0.15, -0.1) is 0 Å². The third kappa shape index (κ3) is 60.6. The zero-order chi connectivity index (χ0) is 54.3. The second-order valence-electron chi connectivity index (χ2n) is 20.2. The zero-order valence-corrected chi connectivity index (χ0v) is 48.8. The van der Waals surface area contributed by atoms with Crippen molar-refractivity contribution in [2.75, 3.05) is 13.2 Å². The molecule has 0 saturated heterocycles. The molecule has 0 bridgehead atoms. The van der Waals surface area contributed by atoms with Gasteiger partial charge in [0.15, 0.2) is 6.10 Å². The minimum absolute atomic E-state index is 0.106. The van der Waals surface area contributed by atoms with E-state index in [1.54, 1.807) is 0 Å². The summed E-state index contributed by atoms with van der Waals surface area (Å²) >= 11 is 0. The van der Waals surface area contributed by atoms with E-state index in [1.807, 2.05) is 6.08 Å². The van der Waals surface area contributed by atoms with Crippen LogP contribution in [0.25, 0.3) is 0 Å². The Bertz CT molecular complexity index is 1570. The molecular weight excluding hydrogens is 925 g/mol. The Morgan fingerprint density at radius 1 is 0.280 bits per heavy atom. The van der Waals surface area contributed by atoms with Gasteiger partial charge in [0.25, 0.3) is 0 Å². The Morgan fingerprint density at radius 3 is 0.893 bits per heavy atom. The summed E-state index contributed by atoms with van der Waals surface area (Å²) in [6.07, 6.45) is 86.4. The highest BCUT2D eigenvalue weighted by atomic mass is 16.6. The normalized spacial score (nSPS) is 12.9. The highest BCUT2D eigenvalue weighted by Crippen LogP contribution is 2.15. The molecule has 0 aromatic heterocycles. The molecule has 0 rings (SSSR count). The molecule has 0 aromatic carbocycles. The van der Waals surface area contributed by atoms with Crippen LogP contribution in [0.4, 0.5) is 0 Å². The van der Waals surface area contributed by atoms with Crippen molar-refractivity contribution in [3.05, 3.63) is 122 Å². The fraction of sp³-hybridized carbons (Fsp3) is 0.667. The van der Waals surface area contributed by atoms with Crippen LogP contribution < -0.4 is 0 Å². The highest BCUT2D eigenvalue weighted by Gasteiger charge is 2.19. The van der Waals surface area contributed by atoms with Crippen LogP contribution in [-0.4, -0.2) is 37.2 Å². The lowest BCUT2D eigenvalue weighted by Crippen LogP contribution is -2.30. The molecule has 0 saturated carbocycles. The minimum Gasteiger partial charge on any atom is -0.462 e. The van der Waals surface area contributed by atoms with Crippen LogP contribution in [0.1, 0.15) is 278 Å². The van der Waals surface area contributed by atoms with Gasteiger partial charge < -0.3 is 14.2 Å². The lowest BCUT2D eigenvalue weighted by molar-refractivity contribution is -0.166. The number of ether oxygens (including phenoxy) is 3. The lowest BCUT2D eigenvalue weighted by atomic mass is 10.0. The minimum atomic E-state index is -0.816. The van der Waals surface area contributed by atoms with Crippen LogP contribution in [0, 0.1) is 0 Å². The molecule has 0 heterocycles.